The molecule has 0 radical (unpaired) electrons. The molecule has 0 spiro atoms. The molecule has 0 fully saturated rings. The van der Waals surface area contributed by atoms with Gasteiger partial charge in [0.2, 0.25) is 0 Å². The van der Waals surface area contributed by atoms with Gasteiger partial charge in [0.25, 0.3) is 0 Å². The summed E-state index contributed by atoms with van der Waals surface area (Å²) in [5.74, 6) is 1.42. The summed E-state index contributed by atoms with van der Waals surface area (Å²) in [6.07, 6.45) is 2.66. The highest BCUT2D eigenvalue weighted by atomic mass is 15.0. The van der Waals surface area contributed by atoms with E-state index < -0.39 is 0 Å². The number of nitriles is 1. The lowest BCUT2D eigenvalue weighted by atomic mass is 10.0. The Kier molecular flexibility index (Phi) is 4.11. The van der Waals surface area contributed by atoms with Crippen LogP contribution in [-0.2, 0) is 0 Å². The minimum atomic E-state index is 0.436. The Hall–Kier alpha value is -1.56. The summed E-state index contributed by atoms with van der Waals surface area (Å²) in [6, 6.07) is 6.12. The van der Waals surface area contributed by atoms with Gasteiger partial charge >= 0.3 is 0 Å². The average Bonchev–Trinajstić information content (AvgIpc) is 2.26. The Morgan fingerprint density at radius 3 is 2.60 bits per heavy atom. The second-order valence-electron chi connectivity index (χ2n) is 3.95. The molecular formula is C12H17N3. The molecular weight excluding hydrogens is 186 g/mol. The van der Waals surface area contributed by atoms with Crippen molar-refractivity contribution < 1.29 is 0 Å². The summed E-state index contributed by atoms with van der Waals surface area (Å²) in [5.41, 5.74) is 0.596. The molecule has 0 aliphatic rings. The summed E-state index contributed by atoms with van der Waals surface area (Å²) in [5, 5.41) is 12.0. The summed E-state index contributed by atoms with van der Waals surface area (Å²) >= 11 is 0. The van der Waals surface area contributed by atoms with Crippen LogP contribution in [0.5, 0.6) is 0 Å². The largest absolute Gasteiger partial charge is 0.367 e. The molecule has 1 heterocycles. The molecule has 1 unspecified atom stereocenters. The smallest absolute Gasteiger partial charge is 0.126 e. The van der Waals surface area contributed by atoms with Crippen LogP contribution < -0.4 is 5.32 Å². The van der Waals surface area contributed by atoms with E-state index in [-0.39, 0.29) is 0 Å². The number of hydrogen-bond donors (Lipinski definition) is 1. The first kappa shape index (κ1) is 11.5. The molecule has 1 atom stereocenters. The van der Waals surface area contributed by atoms with Crippen LogP contribution in [0.3, 0.4) is 0 Å². The lowest BCUT2D eigenvalue weighted by Gasteiger charge is -2.21. The first-order chi connectivity index (χ1) is 7.17. The first-order valence-electron chi connectivity index (χ1n) is 5.30. The molecule has 1 aromatic rings. The summed E-state index contributed by atoms with van der Waals surface area (Å²) in [6.45, 7) is 6.52. The fourth-order valence-corrected chi connectivity index (χ4v) is 1.48. The number of nitrogens with zero attached hydrogens (tertiary/aromatic N) is 2. The second kappa shape index (κ2) is 5.35. The summed E-state index contributed by atoms with van der Waals surface area (Å²) in [7, 11) is 0. The van der Waals surface area contributed by atoms with E-state index in [1.165, 1.54) is 0 Å². The van der Waals surface area contributed by atoms with Gasteiger partial charge in [0.1, 0.15) is 11.9 Å². The van der Waals surface area contributed by atoms with Crippen LogP contribution in [0.15, 0.2) is 18.3 Å². The number of hydrogen-bond acceptors (Lipinski definition) is 3. The van der Waals surface area contributed by atoms with Crippen molar-refractivity contribution in [1.29, 1.82) is 5.26 Å². The topological polar surface area (TPSA) is 48.7 Å². The third-order valence-electron chi connectivity index (χ3n) is 2.47. The van der Waals surface area contributed by atoms with Crippen molar-refractivity contribution in [3.63, 3.8) is 0 Å². The maximum absolute atomic E-state index is 8.63. The molecule has 0 aliphatic heterocycles. The summed E-state index contributed by atoms with van der Waals surface area (Å²) < 4.78 is 0. The standard InChI is InChI=1S/C12H17N3/c1-4-11(9(2)3)15-12-6-5-10(7-13)8-14-12/h5-6,8-9,11H,4H2,1-3H3,(H,14,15). The van der Waals surface area contributed by atoms with E-state index in [9.17, 15) is 0 Å². The number of nitrogens with one attached hydrogen (secondary N) is 1. The maximum atomic E-state index is 8.63. The predicted octanol–water partition coefficient (Wildman–Crippen LogP) is 2.80. The van der Waals surface area contributed by atoms with E-state index >= 15 is 0 Å². The predicted molar refractivity (Wildman–Crippen MR) is 61.5 cm³/mol. The number of rotatable bonds is 4. The molecule has 0 amide bonds. The molecule has 3 nitrogen and oxygen atoms in total. The Labute approximate surface area is 91.1 Å². The van der Waals surface area contributed by atoms with E-state index in [1.54, 1.807) is 12.3 Å². The zero-order chi connectivity index (χ0) is 11.3. The van der Waals surface area contributed by atoms with Crippen LogP contribution in [0.25, 0.3) is 0 Å². The molecule has 0 bridgehead atoms. The second-order valence-corrected chi connectivity index (χ2v) is 3.95. The van der Waals surface area contributed by atoms with Gasteiger partial charge < -0.3 is 5.32 Å². The van der Waals surface area contributed by atoms with E-state index in [0.29, 0.717) is 17.5 Å². The molecule has 0 aliphatic carbocycles. The number of aromatic nitrogens is 1. The van der Waals surface area contributed by atoms with Crippen LogP contribution >= 0.6 is 0 Å². The van der Waals surface area contributed by atoms with Gasteiger partial charge in [0, 0.05) is 12.2 Å². The van der Waals surface area contributed by atoms with Gasteiger partial charge in [-0.3, -0.25) is 0 Å². The van der Waals surface area contributed by atoms with E-state index in [4.69, 9.17) is 5.26 Å². The van der Waals surface area contributed by atoms with E-state index in [0.717, 1.165) is 12.2 Å². The molecule has 80 valence electrons. The normalized spacial score (nSPS) is 12.2. The molecule has 15 heavy (non-hydrogen) atoms. The van der Waals surface area contributed by atoms with Crippen LogP contribution in [-0.4, -0.2) is 11.0 Å². The van der Waals surface area contributed by atoms with Crippen LogP contribution in [0.4, 0.5) is 5.82 Å². The van der Waals surface area contributed by atoms with E-state index in [1.807, 2.05) is 6.07 Å². The van der Waals surface area contributed by atoms with Crippen LogP contribution in [0, 0.1) is 17.2 Å². The van der Waals surface area contributed by atoms with Crippen LogP contribution in [0.2, 0.25) is 0 Å². The highest BCUT2D eigenvalue weighted by molar-refractivity contribution is 5.39. The quantitative estimate of drug-likeness (QED) is 0.818. The molecule has 1 rings (SSSR count). The van der Waals surface area contributed by atoms with Gasteiger partial charge in [0.15, 0.2) is 0 Å². The van der Waals surface area contributed by atoms with Gasteiger partial charge in [-0.1, -0.05) is 20.8 Å². The minimum Gasteiger partial charge on any atom is -0.367 e. The van der Waals surface area contributed by atoms with Crippen molar-refractivity contribution in [2.45, 2.75) is 33.2 Å². The zero-order valence-corrected chi connectivity index (χ0v) is 9.49. The Bertz CT molecular complexity index is 335. The van der Waals surface area contributed by atoms with Crippen molar-refractivity contribution >= 4 is 5.82 Å². The third kappa shape index (κ3) is 3.25. The van der Waals surface area contributed by atoms with Crippen molar-refractivity contribution in [3.8, 4) is 6.07 Å². The van der Waals surface area contributed by atoms with Gasteiger partial charge in [-0.25, -0.2) is 4.98 Å². The number of pyridine rings is 1. The monoisotopic (exact) mass is 203 g/mol. The average molecular weight is 203 g/mol. The fraction of sp³-hybridized carbons (Fsp3) is 0.500. The lowest BCUT2D eigenvalue weighted by Crippen LogP contribution is -2.25. The van der Waals surface area contributed by atoms with Crippen molar-refractivity contribution in [3.05, 3.63) is 23.9 Å². The zero-order valence-electron chi connectivity index (χ0n) is 9.49. The van der Waals surface area contributed by atoms with Crippen molar-refractivity contribution in [2.75, 3.05) is 5.32 Å². The molecule has 0 saturated heterocycles. The molecule has 1 aromatic heterocycles. The van der Waals surface area contributed by atoms with Crippen LogP contribution in [0.1, 0.15) is 32.8 Å². The molecule has 0 saturated carbocycles. The van der Waals surface area contributed by atoms with E-state index in [2.05, 4.69) is 37.1 Å². The molecule has 1 N–H and O–H groups in total. The Morgan fingerprint density at radius 1 is 1.47 bits per heavy atom. The highest BCUT2D eigenvalue weighted by Crippen LogP contribution is 2.13. The lowest BCUT2D eigenvalue weighted by molar-refractivity contribution is 0.510. The Morgan fingerprint density at radius 2 is 2.20 bits per heavy atom. The van der Waals surface area contributed by atoms with Gasteiger partial charge in [-0.05, 0) is 24.5 Å². The maximum Gasteiger partial charge on any atom is 0.126 e. The van der Waals surface area contributed by atoms with Crippen molar-refractivity contribution in [1.82, 2.24) is 4.98 Å². The SMILES string of the molecule is CCC(Nc1ccc(C#N)cn1)C(C)C. The summed E-state index contributed by atoms with van der Waals surface area (Å²) in [4.78, 5) is 4.19. The highest BCUT2D eigenvalue weighted by Gasteiger charge is 2.10. The first-order valence-corrected chi connectivity index (χ1v) is 5.30. The third-order valence-corrected chi connectivity index (χ3v) is 2.47. The Balaban J connectivity index is 2.68. The van der Waals surface area contributed by atoms with Gasteiger partial charge in [-0.2, -0.15) is 5.26 Å². The van der Waals surface area contributed by atoms with Gasteiger partial charge in [0.05, 0.1) is 5.56 Å². The van der Waals surface area contributed by atoms with Crippen molar-refractivity contribution in [2.24, 2.45) is 5.92 Å². The molecule has 0 aromatic carbocycles. The fourth-order valence-electron chi connectivity index (χ4n) is 1.48. The molecule has 3 heteroatoms. The van der Waals surface area contributed by atoms with Gasteiger partial charge in [-0.15, -0.1) is 0 Å². The minimum absolute atomic E-state index is 0.436. The number of anilines is 1.